The van der Waals surface area contributed by atoms with Crippen molar-refractivity contribution in [1.82, 2.24) is 20.9 Å². The predicted molar refractivity (Wildman–Crippen MR) is 111 cm³/mol. The summed E-state index contributed by atoms with van der Waals surface area (Å²) < 4.78 is 5.69. The van der Waals surface area contributed by atoms with E-state index in [0.717, 1.165) is 32.2 Å². The van der Waals surface area contributed by atoms with Gasteiger partial charge in [-0.25, -0.2) is 0 Å². The minimum absolute atomic E-state index is 0.00454. The maximum absolute atomic E-state index is 11.6. The zero-order valence-electron chi connectivity index (χ0n) is 16.8. The Labute approximate surface area is 166 Å². The largest absolute Gasteiger partial charge is 0.376 e. The molecular weight excluding hydrogens is 362 g/mol. The summed E-state index contributed by atoms with van der Waals surface area (Å²) in [5, 5.41) is 11.7. The van der Waals surface area contributed by atoms with Crippen LogP contribution in [0.4, 0.5) is 0 Å². The Kier molecular flexibility index (Phi) is 9.03. The molecule has 0 aromatic carbocycles. The van der Waals surface area contributed by atoms with Gasteiger partial charge >= 0.3 is 0 Å². The minimum atomic E-state index is 0.00454. The van der Waals surface area contributed by atoms with E-state index in [0.29, 0.717) is 13.1 Å². The van der Waals surface area contributed by atoms with Crippen LogP contribution in [0.1, 0.15) is 31.7 Å². The van der Waals surface area contributed by atoms with Crippen LogP contribution >= 0.6 is 11.3 Å². The Morgan fingerprint density at radius 3 is 2.78 bits per heavy atom. The van der Waals surface area contributed by atoms with E-state index in [1.165, 1.54) is 4.88 Å². The van der Waals surface area contributed by atoms with E-state index >= 15 is 0 Å². The Balaban J connectivity index is 1.84. The molecule has 1 amide bonds. The lowest BCUT2D eigenvalue weighted by Crippen LogP contribution is -2.48. The molecule has 2 unspecified atom stereocenters. The maximum atomic E-state index is 11.6. The Bertz CT molecular complexity index is 591. The summed E-state index contributed by atoms with van der Waals surface area (Å²) in [5.74, 6) is 0.820. The highest BCUT2D eigenvalue weighted by molar-refractivity contribution is 7.10. The fraction of sp³-hybridized carbons (Fsp3) is 0.684. The lowest BCUT2D eigenvalue weighted by Gasteiger charge is -2.37. The van der Waals surface area contributed by atoms with Crippen LogP contribution in [0.3, 0.4) is 0 Å². The number of amides is 1. The molecule has 1 aliphatic heterocycles. The highest BCUT2D eigenvalue weighted by atomic mass is 32.1. The van der Waals surface area contributed by atoms with Crippen molar-refractivity contribution in [3.05, 3.63) is 22.4 Å². The van der Waals surface area contributed by atoms with Crippen molar-refractivity contribution in [3.8, 4) is 0 Å². The van der Waals surface area contributed by atoms with E-state index in [1.807, 2.05) is 13.8 Å². The number of morpholine rings is 1. The summed E-state index contributed by atoms with van der Waals surface area (Å²) in [4.78, 5) is 19.7. The van der Waals surface area contributed by atoms with Crippen molar-refractivity contribution in [1.29, 1.82) is 0 Å². The zero-order valence-corrected chi connectivity index (χ0v) is 17.6. The van der Waals surface area contributed by atoms with E-state index in [2.05, 4.69) is 50.3 Å². The molecule has 8 heteroatoms. The van der Waals surface area contributed by atoms with Crippen molar-refractivity contribution in [2.24, 2.45) is 10.9 Å². The average Bonchev–Trinajstić information content (AvgIpc) is 3.17. The number of ether oxygens (including phenoxy) is 1. The van der Waals surface area contributed by atoms with Gasteiger partial charge in [0, 0.05) is 50.6 Å². The third kappa shape index (κ3) is 7.12. The first kappa shape index (κ1) is 21.7. The molecular formula is C19H33N5O2S. The highest BCUT2D eigenvalue weighted by Gasteiger charge is 2.26. The van der Waals surface area contributed by atoms with Gasteiger partial charge in [0.1, 0.15) is 0 Å². The molecule has 2 atom stereocenters. The molecule has 3 N–H and O–H groups in total. The van der Waals surface area contributed by atoms with Crippen LogP contribution in [-0.4, -0.2) is 69.2 Å². The fourth-order valence-electron chi connectivity index (χ4n) is 3.00. The van der Waals surface area contributed by atoms with Crippen molar-refractivity contribution < 1.29 is 9.53 Å². The second-order valence-electron chi connectivity index (χ2n) is 7.03. The SMILES string of the molecule is CN=C(NCCNC(=O)C(C)C)NCC(c1cccs1)N1CCOC(C)C1. The van der Waals surface area contributed by atoms with Crippen molar-refractivity contribution in [2.45, 2.75) is 32.9 Å². The fourth-order valence-corrected chi connectivity index (χ4v) is 3.86. The molecule has 1 aromatic rings. The molecule has 1 aliphatic rings. The van der Waals surface area contributed by atoms with Gasteiger partial charge < -0.3 is 20.7 Å². The van der Waals surface area contributed by atoms with Crippen LogP contribution in [0.25, 0.3) is 0 Å². The Hall–Kier alpha value is -1.64. The number of aliphatic imine (C=N–C) groups is 1. The monoisotopic (exact) mass is 395 g/mol. The number of nitrogens with one attached hydrogen (secondary N) is 3. The van der Waals surface area contributed by atoms with Crippen LogP contribution in [0.2, 0.25) is 0 Å². The molecule has 0 radical (unpaired) electrons. The third-order valence-corrected chi connectivity index (χ3v) is 5.49. The Morgan fingerprint density at radius 1 is 1.37 bits per heavy atom. The number of hydrogen-bond donors (Lipinski definition) is 3. The number of guanidine groups is 1. The van der Waals surface area contributed by atoms with Gasteiger partial charge in [0.25, 0.3) is 0 Å². The van der Waals surface area contributed by atoms with Crippen LogP contribution < -0.4 is 16.0 Å². The summed E-state index contributed by atoms with van der Waals surface area (Å²) >= 11 is 1.78. The van der Waals surface area contributed by atoms with Crippen LogP contribution in [0.5, 0.6) is 0 Å². The molecule has 0 bridgehead atoms. The minimum Gasteiger partial charge on any atom is -0.376 e. The summed E-state index contributed by atoms with van der Waals surface area (Å²) in [6.07, 6.45) is 0.253. The number of carbonyl (C=O) groups is 1. The van der Waals surface area contributed by atoms with Crippen molar-refractivity contribution in [2.75, 3.05) is 46.4 Å². The van der Waals surface area contributed by atoms with Crippen molar-refractivity contribution >= 4 is 23.2 Å². The van der Waals surface area contributed by atoms with Gasteiger partial charge in [0.05, 0.1) is 18.8 Å². The standard InChI is InChI=1S/C19H33N5O2S/c1-14(2)18(25)21-7-8-22-19(20-4)23-12-16(17-6-5-11-27-17)24-9-10-26-15(3)13-24/h5-6,11,14-16H,7-10,12-13H2,1-4H3,(H,21,25)(H2,20,22,23). The number of nitrogens with zero attached hydrogens (tertiary/aromatic N) is 2. The van der Waals surface area contributed by atoms with Gasteiger partial charge in [-0.3, -0.25) is 14.7 Å². The molecule has 1 fully saturated rings. The van der Waals surface area contributed by atoms with Gasteiger partial charge in [-0.2, -0.15) is 0 Å². The molecule has 1 saturated heterocycles. The molecule has 27 heavy (non-hydrogen) atoms. The van der Waals surface area contributed by atoms with Gasteiger partial charge in [-0.15, -0.1) is 11.3 Å². The zero-order chi connectivity index (χ0) is 19.6. The maximum Gasteiger partial charge on any atom is 0.222 e. The topological polar surface area (TPSA) is 78.0 Å². The average molecular weight is 396 g/mol. The molecule has 1 aromatic heterocycles. The number of thiophene rings is 1. The highest BCUT2D eigenvalue weighted by Crippen LogP contribution is 2.26. The van der Waals surface area contributed by atoms with Crippen LogP contribution in [-0.2, 0) is 9.53 Å². The molecule has 2 heterocycles. The Morgan fingerprint density at radius 2 is 2.15 bits per heavy atom. The van der Waals surface area contributed by atoms with E-state index in [9.17, 15) is 4.79 Å². The second kappa shape index (κ2) is 11.3. The van der Waals surface area contributed by atoms with Crippen LogP contribution in [0, 0.1) is 5.92 Å². The first-order valence-corrected chi connectivity index (χ1v) is 10.5. The van der Waals surface area contributed by atoms with E-state index in [1.54, 1.807) is 18.4 Å². The summed E-state index contributed by atoms with van der Waals surface area (Å²) in [6, 6.07) is 4.58. The molecule has 2 rings (SSSR count). The van der Waals surface area contributed by atoms with Gasteiger partial charge in [0.2, 0.25) is 5.91 Å². The van der Waals surface area contributed by atoms with E-state index < -0.39 is 0 Å². The molecule has 0 aliphatic carbocycles. The number of rotatable bonds is 8. The predicted octanol–water partition coefficient (Wildman–Crippen LogP) is 1.45. The number of carbonyl (C=O) groups excluding carboxylic acids is 1. The quantitative estimate of drug-likeness (QED) is 0.353. The molecule has 0 spiro atoms. The van der Waals surface area contributed by atoms with E-state index in [-0.39, 0.29) is 24.0 Å². The normalized spacial score (nSPS) is 19.7. The van der Waals surface area contributed by atoms with Crippen LogP contribution in [0.15, 0.2) is 22.5 Å². The summed E-state index contributed by atoms with van der Waals surface area (Å²) in [7, 11) is 1.76. The van der Waals surface area contributed by atoms with Gasteiger partial charge in [-0.05, 0) is 18.4 Å². The summed E-state index contributed by atoms with van der Waals surface area (Å²) in [6.45, 7) is 10.5. The van der Waals surface area contributed by atoms with E-state index in [4.69, 9.17) is 4.74 Å². The van der Waals surface area contributed by atoms with Gasteiger partial charge in [0.15, 0.2) is 5.96 Å². The lowest BCUT2D eigenvalue weighted by molar-refractivity contribution is -0.123. The number of hydrogen-bond acceptors (Lipinski definition) is 5. The smallest absolute Gasteiger partial charge is 0.222 e. The van der Waals surface area contributed by atoms with Crippen molar-refractivity contribution in [3.63, 3.8) is 0 Å². The first-order chi connectivity index (χ1) is 13.0. The lowest BCUT2D eigenvalue weighted by atomic mass is 10.1. The summed E-state index contributed by atoms with van der Waals surface area (Å²) in [5.41, 5.74) is 0. The molecule has 0 saturated carbocycles. The third-order valence-electron chi connectivity index (χ3n) is 4.51. The second-order valence-corrected chi connectivity index (χ2v) is 8.01. The van der Waals surface area contributed by atoms with Gasteiger partial charge in [-0.1, -0.05) is 19.9 Å². The first-order valence-electron chi connectivity index (χ1n) is 9.62. The molecule has 7 nitrogen and oxygen atoms in total. The molecule has 152 valence electrons.